The van der Waals surface area contributed by atoms with E-state index in [9.17, 15) is 14.7 Å². The fourth-order valence-electron chi connectivity index (χ4n) is 1.90. The molecule has 0 aromatic heterocycles. The Morgan fingerprint density at radius 2 is 1.81 bits per heavy atom. The van der Waals surface area contributed by atoms with Crippen LogP contribution in [0.15, 0.2) is 48.5 Å². The first-order valence-electron chi connectivity index (χ1n) is 6.34. The van der Waals surface area contributed by atoms with Gasteiger partial charge in [0.25, 0.3) is 5.91 Å². The van der Waals surface area contributed by atoms with Crippen LogP contribution in [-0.2, 0) is 9.53 Å². The Bertz CT molecular complexity index is 667. The summed E-state index contributed by atoms with van der Waals surface area (Å²) in [5, 5.41) is 9.71. The minimum absolute atomic E-state index is 0.00261. The molecule has 1 amide bonds. The zero-order valence-electron chi connectivity index (χ0n) is 11.4. The first-order chi connectivity index (χ1) is 9.99. The second kappa shape index (κ2) is 6.09. The van der Waals surface area contributed by atoms with Crippen molar-refractivity contribution in [2.24, 2.45) is 5.73 Å². The summed E-state index contributed by atoms with van der Waals surface area (Å²) in [4.78, 5) is 23.6. The van der Waals surface area contributed by atoms with Gasteiger partial charge in [0.15, 0.2) is 0 Å². The van der Waals surface area contributed by atoms with E-state index in [2.05, 4.69) is 0 Å². The number of rotatable bonds is 4. The zero-order valence-corrected chi connectivity index (χ0v) is 11.4. The van der Waals surface area contributed by atoms with E-state index in [1.54, 1.807) is 43.3 Å². The van der Waals surface area contributed by atoms with E-state index in [0.29, 0.717) is 5.56 Å². The maximum atomic E-state index is 12.1. The Balaban J connectivity index is 2.27. The molecule has 5 heteroatoms. The zero-order chi connectivity index (χ0) is 15.4. The number of primary amides is 1. The highest BCUT2D eigenvalue weighted by molar-refractivity contribution is 5.94. The van der Waals surface area contributed by atoms with Crippen LogP contribution in [0.2, 0.25) is 0 Å². The van der Waals surface area contributed by atoms with E-state index in [0.717, 1.165) is 5.56 Å². The van der Waals surface area contributed by atoms with Gasteiger partial charge in [-0.25, -0.2) is 4.79 Å². The first-order valence-corrected chi connectivity index (χ1v) is 6.34. The highest BCUT2D eigenvalue weighted by atomic mass is 16.5. The van der Waals surface area contributed by atoms with Gasteiger partial charge in [-0.3, -0.25) is 4.79 Å². The van der Waals surface area contributed by atoms with E-state index in [1.165, 1.54) is 12.1 Å². The molecule has 2 aromatic rings. The molecule has 0 aliphatic carbocycles. The predicted octanol–water partition coefficient (Wildman–Crippen LogP) is 2.08. The maximum Gasteiger partial charge on any atom is 0.343 e. The Morgan fingerprint density at radius 1 is 1.14 bits per heavy atom. The van der Waals surface area contributed by atoms with E-state index >= 15 is 0 Å². The number of esters is 1. The average molecular weight is 285 g/mol. The van der Waals surface area contributed by atoms with E-state index in [-0.39, 0.29) is 11.3 Å². The van der Waals surface area contributed by atoms with Crippen molar-refractivity contribution in [1.29, 1.82) is 0 Å². The van der Waals surface area contributed by atoms with Crippen LogP contribution in [0, 0.1) is 6.92 Å². The molecule has 21 heavy (non-hydrogen) atoms. The normalized spacial score (nSPS) is 11.7. The first kappa shape index (κ1) is 14.6. The number of carbonyl (C=O) groups is 2. The van der Waals surface area contributed by atoms with Crippen molar-refractivity contribution < 1.29 is 19.4 Å². The number of benzene rings is 2. The maximum absolute atomic E-state index is 12.1. The third kappa shape index (κ3) is 3.39. The van der Waals surface area contributed by atoms with Crippen LogP contribution in [0.5, 0.6) is 5.75 Å². The third-order valence-corrected chi connectivity index (χ3v) is 2.96. The van der Waals surface area contributed by atoms with Crippen LogP contribution in [-0.4, -0.2) is 17.0 Å². The van der Waals surface area contributed by atoms with Gasteiger partial charge < -0.3 is 15.6 Å². The fraction of sp³-hybridized carbons (Fsp3) is 0.125. The number of aryl methyl sites for hydroxylation is 1. The molecule has 1 atom stereocenters. The van der Waals surface area contributed by atoms with Gasteiger partial charge >= 0.3 is 5.97 Å². The molecule has 0 saturated heterocycles. The Hall–Kier alpha value is -2.82. The molecule has 108 valence electrons. The lowest BCUT2D eigenvalue weighted by atomic mass is 10.1. The van der Waals surface area contributed by atoms with Gasteiger partial charge in [0, 0.05) is 5.56 Å². The number of phenols is 1. The van der Waals surface area contributed by atoms with Gasteiger partial charge in [0.1, 0.15) is 11.3 Å². The van der Waals surface area contributed by atoms with Gasteiger partial charge in [-0.15, -0.1) is 0 Å². The van der Waals surface area contributed by atoms with Crippen LogP contribution in [0.25, 0.3) is 0 Å². The molecular formula is C16H15NO4. The van der Waals surface area contributed by atoms with Crippen molar-refractivity contribution in [3.05, 3.63) is 65.2 Å². The van der Waals surface area contributed by atoms with Crippen LogP contribution >= 0.6 is 0 Å². The second-order valence-corrected chi connectivity index (χ2v) is 4.62. The quantitative estimate of drug-likeness (QED) is 0.842. The van der Waals surface area contributed by atoms with Gasteiger partial charge in [-0.2, -0.15) is 0 Å². The summed E-state index contributed by atoms with van der Waals surface area (Å²) in [6.45, 7) is 1.78. The van der Waals surface area contributed by atoms with E-state index < -0.39 is 18.0 Å². The van der Waals surface area contributed by atoms with Crippen LogP contribution < -0.4 is 5.73 Å². The predicted molar refractivity (Wildman–Crippen MR) is 76.6 cm³/mol. The van der Waals surface area contributed by atoms with Gasteiger partial charge in [0.05, 0.1) is 0 Å². The van der Waals surface area contributed by atoms with Gasteiger partial charge in [-0.05, 0) is 19.1 Å². The molecule has 2 rings (SSSR count). The summed E-state index contributed by atoms with van der Waals surface area (Å²) in [6.07, 6.45) is -1.20. The summed E-state index contributed by atoms with van der Waals surface area (Å²) in [6, 6.07) is 13.0. The van der Waals surface area contributed by atoms with Gasteiger partial charge in [-0.1, -0.05) is 42.0 Å². The van der Waals surface area contributed by atoms with E-state index in [4.69, 9.17) is 10.5 Å². The summed E-state index contributed by atoms with van der Waals surface area (Å²) in [7, 11) is 0. The Kier molecular flexibility index (Phi) is 4.23. The van der Waals surface area contributed by atoms with Crippen LogP contribution in [0.4, 0.5) is 0 Å². The minimum atomic E-state index is -1.20. The number of phenolic OH excluding ortho intramolecular Hbond substituents is 1. The third-order valence-electron chi connectivity index (χ3n) is 2.96. The molecule has 1 unspecified atom stereocenters. The molecule has 0 bridgehead atoms. The SMILES string of the molecule is Cc1ccc(O)c(C(=O)OC(C(N)=O)c2ccccc2)c1. The van der Waals surface area contributed by atoms with Crippen LogP contribution in [0.1, 0.15) is 27.6 Å². The van der Waals surface area contributed by atoms with Crippen molar-refractivity contribution in [1.82, 2.24) is 0 Å². The van der Waals surface area contributed by atoms with Crippen molar-refractivity contribution in [2.75, 3.05) is 0 Å². The molecule has 0 radical (unpaired) electrons. The number of carbonyl (C=O) groups excluding carboxylic acids is 2. The summed E-state index contributed by atoms with van der Waals surface area (Å²) >= 11 is 0. The molecule has 0 aliphatic rings. The summed E-state index contributed by atoms with van der Waals surface area (Å²) in [5.74, 6) is -1.78. The lowest BCUT2D eigenvalue weighted by Crippen LogP contribution is -2.26. The van der Waals surface area contributed by atoms with Crippen molar-refractivity contribution in [3.63, 3.8) is 0 Å². The molecule has 0 fully saturated rings. The van der Waals surface area contributed by atoms with Crippen molar-refractivity contribution in [2.45, 2.75) is 13.0 Å². The Labute approximate surface area is 122 Å². The van der Waals surface area contributed by atoms with Crippen molar-refractivity contribution >= 4 is 11.9 Å². The highest BCUT2D eigenvalue weighted by Gasteiger charge is 2.24. The number of nitrogens with two attached hydrogens (primary N) is 1. The molecule has 3 N–H and O–H groups in total. The number of aromatic hydroxyl groups is 1. The molecule has 0 saturated carbocycles. The summed E-state index contributed by atoms with van der Waals surface area (Å²) in [5.41, 5.74) is 6.55. The average Bonchev–Trinajstić information content (AvgIpc) is 2.47. The minimum Gasteiger partial charge on any atom is -0.507 e. The second-order valence-electron chi connectivity index (χ2n) is 4.62. The standard InChI is InChI=1S/C16H15NO4/c1-10-7-8-13(18)12(9-10)16(20)21-14(15(17)19)11-5-3-2-4-6-11/h2-9,14,18H,1H3,(H2,17,19). The smallest absolute Gasteiger partial charge is 0.343 e. The highest BCUT2D eigenvalue weighted by Crippen LogP contribution is 2.23. The lowest BCUT2D eigenvalue weighted by molar-refractivity contribution is -0.127. The number of ether oxygens (including phenoxy) is 1. The molecular weight excluding hydrogens is 270 g/mol. The molecule has 0 spiro atoms. The topological polar surface area (TPSA) is 89.6 Å². The fourth-order valence-corrected chi connectivity index (χ4v) is 1.90. The number of amides is 1. The van der Waals surface area contributed by atoms with E-state index in [1.807, 2.05) is 0 Å². The number of hydrogen-bond acceptors (Lipinski definition) is 4. The van der Waals surface area contributed by atoms with Gasteiger partial charge in [0.2, 0.25) is 6.10 Å². The van der Waals surface area contributed by atoms with Crippen molar-refractivity contribution in [3.8, 4) is 5.75 Å². The lowest BCUT2D eigenvalue weighted by Gasteiger charge is -2.15. The Morgan fingerprint density at radius 3 is 2.43 bits per heavy atom. The molecule has 2 aromatic carbocycles. The summed E-state index contributed by atoms with van der Waals surface area (Å²) < 4.78 is 5.15. The molecule has 0 heterocycles. The number of hydrogen-bond donors (Lipinski definition) is 2. The molecule has 5 nitrogen and oxygen atoms in total. The monoisotopic (exact) mass is 285 g/mol. The molecule has 0 aliphatic heterocycles. The largest absolute Gasteiger partial charge is 0.507 e. The van der Waals surface area contributed by atoms with Crippen LogP contribution in [0.3, 0.4) is 0 Å².